The van der Waals surface area contributed by atoms with Crippen molar-refractivity contribution in [2.24, 2.45) is 0 Å². The van der Waals surface area contributed by atoms with Crippen LogP contribution in [-0.4, -0.2) is 29.8 Å². The first kappa shape index (κ1) is 17.2. The molecule has 0 aromatic heterocycles. The Morgan fingerprint density at radius 2 is 2.14 bits per heavy atom. The highest BCUT2D eigenvalue weighted by molar-refractivity contribution is 5.77. The molecule has 5 heteroatoms. The zero-order valence-corrected chi connectivity index (χ0v) is 12.5. The molecule has 0 radical (unpaired) electrons. The summed E-state index contributed by atoms with van der Waals surface area (Å²) in [7, 11) is 0. The minimum Gasteiger partial charge on any atom is -0.384 e. The Labute approximate surface area is 124 Å². The maximum Gasteiger partial charge on any atom is 0.246 e. The van der Waals surface area contributed by atoms with Crippen LogP contribution < -0.4 is 5.32 Å². The Bertz CT molecular complexity index is 553. The number of nitrogens with one attached hydrogen (secondary N) is 1. The van der Waals surface area contributed by atoms with Crippen molar-refractivity contribution in [2.75, 3.05) is 13.2 Å². The smallest absolute Gasteiger partial charge is 0.246 e. The van der Waals surface area contributed by atoms with Crippen LogP contribution in [0, 0.1) is 17.7 Å². The summed E-state index contributed by atoms with van der Waals surface area (Å²) in [5.74, 6) is 4.46. The number of benzene rings is 1. The summed E-state index contributed by atoms with van der Waals surface area (Å²) < 4.78 is 19.0. The van der Waals surface area contributed by atoms with Crippen molar-refractivity contribution in [1.82, 2.24) is 5.32 Å². The maximum atomic E-state index is 13.6. The molecule has 21 heavy (non-hydrogen) atoms. The first-order chi connectivity index (χ1) is 9.81. The molecule has 0 fully saturated rings. The molecule has 1 amide bonds. The van der Waals surface area contributed by atoms with Crippen molar-refractivity contribution < 1.29 is 19.0 Å². The first-order valence-electron chi connectivity index (χ1n) is 6.60. The largest absolute Gasteiger partial charge is 0.384 e. The SMILES string of the molecule is CC(C)(C)OCC(=O)NCc1cc(C#CCO)ccc1F. The molecule has 0 heterocycles. The number of carbonyl (C=O) groups excluding carboxylic acids is 1. The molecule has 0 aliphatic rings. The molecule has 2 N–H and O–H groups in total. The third-order valence-electron chi connectivity index (χ3n) is 2.47. The molecular formula is C16H20FNO3. The molecule has 0 aliphatic carbocycles. The van der Waals surface area contributed by atoms with E-state index >= 15 is 0 Å². The van der Waals surface area contributed by atoms with Gasteiger partial charge in [0.1, 0.15) is 19.0 Å². The Hall–Kier alpha value is -1.90. The Morgan fingerprint density at radius 3 is 2.76 bits per heavy atom. The lowest BCUT2D eigenvalue weighted by Gasteiger charge is -2.19. The topological polar surface area (TPSA) is 58.6 Å². The summed E-state index contributed by atoms with van der Waals surface area (Å²) in [6, 6.07) is 4.35. The van der Waals surface area contributed by atoms with Gasteiger partial charge in [-0.15, -0.1) is 0 Å². The average Bonchev–Trinajstić information content (AvgIpc) is 2.42. The van der Waals surface area contributed by atoms with E-state index in [0.717, 1.165) is 0 Å². The Kier molecular flexibility index (Phi) is 6.35. The summed E-state index contributed by atoms with van der Waals surface area (Å²) in [4.78, 5) is 11.6. The Morgan fingerprint density at radius 1 is 1.43 bits per heavy atom. The zero-order valence-electron chi connectivity index (χ0n) is 12.5. The summed E-state index contributed by atoms with van der Waals surface area (Å²) >= 11 is 0. The third kappa shape index (κ3) is 6.89. The maximum absolute atomic E-state index is 13.6. The second kappa shape index (κ2) is 7.77. The van der Waals surface area contributed by atoms with Crippen molar-refractivity contribution in [3.05, 3.63) is 35.1 Å². The van der Waals surface area contributed by atoms with Crippen molar-refractivity contribution in [3.63, 3.8) is 0 Å². The number of amides is 1. The van der Waals surface area contributed by atoms with Gasteiger partial charge in [0.25, 0.3) is 0 Å². The van der Waals surface area contributed by atoms with E-state index in [1.807, 2.05) is 20.8 Å². The lowest BCUT2D eigenvalue weighted by molar-refractivity contribution is -0.130. The van der Waals surface area contributed by atoms with Gasteiger partial charge in [0.15, 0.2) is 0 Å². The first-order valence-corrected chi connectivity index (χ1v) is 6.60. The highest BCUT2D eigenvalue weighted by Gasteiger charge is 2.13. The molecule has 1 aromatic carbocycles. The lowest BCUT2D eigenvalue weighted by Crippen LogP contribution is -2.31. The van der Waals surface area contributed by atoms with Crippen molar-refractivity contribution in [2.45, 2.75) is 32.9 Å². The van der Waals surface area contributed by atoms with Crippen molar-refractivity contribution >= 4 is 5.91 Å². The molecule has 4 nitrogen and oxygen atoms in total. The number of hydrogen-bond donors (Lipinski definition) is 2. The van der Waals surface area contributed by atoms with Gasteiger partial charge in [0, 0.05) is 17.7 Å². The van der Waals surface area contributed by atoms with Gasteiger partial charge in [-0.05, 0) is 39.0 Å². The number of aliphatic hydroxyl groups is 1. The van der Waals surface area contributed by atoms with Gasteiger partial charge in [-0.25, -0.2) is 4.39 Å². The van der Waals surface area contributed by atoms with Crippen LogP contribution in [0.15, 0.2) is 18.2 Å². The minimum atomic E-state index is -0.415. The third-order valence-corrected chi connectivity index (χ3v) is 2.47. The predicted octanol–water partition coefficient (Wildman–Crippen LogP) is 1.60. The molecule has 0 atom stereocenters. The molecule has 0 spiro atoms. The lowest BCUT2D eigenvalue weighted by atomic mass is 10.1. The molecular weight excluding hydrogens is 273 g/mol. The van der Waals surface area contributed by atoms with Crippen LogP contribution in [-0.2, 0) is 16.1 Å². The fourth-order valence-electron chi connectivity index (χ4n) is 1.46. The minimum absolute atomic E-state index is 0.0623. The van der Waals surface area contributed by atoms with Gasteiger partial charge >= 0.3 is 0 Å². The molecule has 0 saturated carbocycles. The fourth-order valence-corrected chi connectivity index (χ4v) is 1.46. The van der Waals surface area contributed by atoms with Gasteiger partial charge < -0.3 is 15.2 Å². The van der Waals surface area contributed by atoms with Gasteiger partial charge in [0.2, 0.25) is 5.91 Å². The van der Waals surface area contributed by atoms with E-state index in [9.17, 15) is 9.18 Å². The molecule has 0 bridgehead atoms. The van der Waals surface area contributed by atoms with Crippen LogP contribution in [0.1, 0.15) is 31.9 Å². The number of halogens is 1. The van der Waals surface area contributed by atoms with Crippen LogP contribution in [0.5, 0.6) is 0 Å². The number of hydrogen-bond acceptors (Lipinski definition) is 3. The molecule has 114 valence electrons. The highest BCUT2D eigenvalue weighted by atomic mass is 19.1. The summed E-state index contributed by atoms with van der Waals surface area (Å²) in [5.41, 5.74) is 0.520. The van der Waals surface area contributed by atoms with Gasteiger partial charge in [-0.1, -0.05) is 11.8 Å². The zero-order chi connectivity index (χ0) is 15.9. The van der Waals surface area contributed by atoms with Crippen LogP contribution >= 0.6 is 0 Å². The van der Waals surface area contributed by atoms with Gasteiger partial charge in [-0.3, -0.25) is 4.79 Å². The molecule has 0 unspecified atom stereocenters. The number of carbonyl (C=O) groups is 1. The van der Waals surface area contributed by atoms with Crippen molar-refractivity contribution in [1.29, 1.82) is 0 Å². The molecule has 1 aromatic rings. The van der Waals surface area contributed by atoms with Gasteiger partial charge in [-0.2, -0.15) is 0 Å². The van der Waals surface area contributed by atoms with Crippen LogP contribution in [0.2, 0.25) is 0 Å². The summed E-state index contributed by atoms with van der Waals surface area (Å²) in [5, 5.41) is 11.2. The highest BCUT2D eigenvalue weighted by Crippen LogP contribution is 2.10. The van der Waals surface area contributed by atoms with Gasteiger partial charge in [0.05, 0.1) is 5.60 Å². The van der Waals surface area contributed by atoms with E-state index in [2.05, 4.69) is 17.2 Å². The predicted molar refractivity (Wildman–Crippen MR) is 77.9 cm³/mol. The number of ether oxygens (including phenoxy) is 1. The number of rotatable bonds is 4. The quantitative estimate of drug-likeness (QED) is 0.829. The standard InChI is InChI=1S/C16H20FNO3/c1-16(2,3)21-11-15(20)18-10-13-9-12(5-4-8-19)6-7-14(13)17/h6-7,9,19H,8,10-11H2,1-3H3,(H,18,20). The van der Waals surface area contributed by atoms with E-state index < -0.39 is 11.4 Å². The summed E-state index contributed by atoms with van der Waals surface area (Å²) in [6.07, 6.45) is 0. The average molecular weight is 293 g/mol. The molecule has 1 rings (SSSR count). The Balaban J connectivity index is 2.60. The fraction of sp³-hybridized carbons (Fsp3) is 0.438. The molecule has 0 aliphatic heterocycles. The van der Waals surface area contributed by atoms with Crippen LogP contribution in [0.4, 0.5) is 4.39 Å². The summed E-state index contributed by atoms with van der Waals surface area (Å²) in [6.45, 7) is 5.28. The van der Waals surface area contributed by atoms with Crippen molar-refractivity contribution in [3.8, 4) is 11.8 Å². The monoisotopic (exact) mass is 293 g/mol. The van der Waals surface area contributed by atoms with E-state index in [1.54, 1.807) is 6.07 Å². The van der Waals surface area contributed by atoms with Crippen LogP contribution in [0.3, 0.4) is 0 Å². The van der Waals surface area contributed by atoms with E-state index in [-0.39, 0.29) is 25.7 Å². The molecule has 0 saturated heterocycles. The number of aliphatic hydroxyl groups excluding tert-OH is 1. The second-order valence-corrected chi connectivity index (χ2v) is 5.44. The second-order valence-electron chi connectivity index (χ2n) is 5.44. The van der Waals surface area contributed by atoms with E-state index in [1.165, 1.54) is 12.1 Å². The normalized spacial score (nSPS) is 10.7. The van der Waals surface area contributed by atoms with E-state index in [0.29, 0.717) is 11.1 Å². The van der Waals surface area contributed by atoms with Crippen LogP contribution in [0.25, 0.3) is 0 Å². The van der Waals surface area contributed by atoms with E-state index in [4.69, 9.17) is 9.84 Å².